The van der Waals surface area contributed by atoms with Crippen LogP contribution in [0.2, 0.25) is 0 Å². The van der Waals surface area contributed by atoms with Gasteiger partial charge in [0.15, 0.2) is 0 Å². The lowest BCUT2D eigenvalue weighted by Crippen LogP contribution is -2.41. The maximum Gasteiger partial charge on any atom is 0.326 e. The molecule has 0 spiro atoms. The van der Waals surface area contributed by atoms with Crippen LogP contribution in [-0.2, 0) is 14.4 Å². The predicted molar refractivity (Wildman–Crippen MR) is 109 cm³/mol. The molecule has 3 N–H and O–H groups in total. The SMILES string of the molecule is CCCCCCCC(=O)NCCC[C@H](NC(=O)CCCCCCC)C(=O)O. The second-order valence-electron chi connectivity index (χ2n) is 7.28. The number of carboxylic acids is 1. The minimum Gasteiger partial charge on any atom is -0.480 e. The summed E-state index contributed by atoms with van der Waals surface area (Å²) < 4.78 is 0. The molecule has 0 radical (unpaired) electrons. The van der Waals surface area contributed by atoms with Crippen LogP contribution in [0, 0.1) is 0 Å². The van der Waals surface area contributed by atoms with Crippen molar-refractivity contribution in [2.24, 2.45) is 0 Å². The summed E-state index contributed by atoms with van der Waals surface area (Å²) in [5.41, 5.74) is 0. The first-order valence-corrected chi connectivity index (χ1v) is 10.8. The highest BCUT2D eigenvalue weighted by atomic mass is 16.4. The van der Waals surface area contributed by atoms with Gasteiger partial charge in [-0.1, -0.05) is 65.2 Å². The summed E-state index contributed by atoms with van der Waals surface area (Å²) >= 11 is 0. The predicted octanol–water partition coefficient (Wildman–Crippen LogP) is 4.17. The summed E-state index contributed by atoms with van der Waals surface area (Å²) in [5.74, 6) is -1.19. The van der Waals surface area contributed by atoms with E-state index in [9.17, 15) is 19.5 Å². The van der Waals surface area contributed by atoms with Gasteiger partial charge in [-0.05, 0) is 25.7 Å². The van der Waals surface area contributed by atoms with Gasteiger partial charge in [-0.15, -0.1) is 0 Å². The van der Waals surface area contributed by atoms with Gasteiger partial charge in [0.05, 0.1) is 0 Å². The van der Waals surface area contributed by atoms with E-state index in [1.165, 1.54) is 25.7 Å². The van der Waals surface area contributed by atoms with Gasteiger partial charge in [-0.25, -0.2) is 4.79 Å². The molecular formula is C21H40N2O4. The number of nitrogens with one attached hydrogen (secondary N) is 2. The highest BCUT2D eigenvalue weighted by Crippen LogP contribution is 2.06. The van der Waals surface area contributed by atoms with E-state index in [-0.39, 0.29) is 11.8 Å². The molecule has 0 aliphatic rings. The van der Waals surface area contributed by atoms with Crippen molar-refractivity contribution >= 4 is 17.8 Å². The van der Waals surface area contributed by atoms with Crippen LogP contribution in [0.1, 0.15) is 104 Å². The molecule has 6 heteroatoms. The quantitative estimate of drug-likeness (QED) is 0.309. The maximum atomic E-state index is 11.9. The monoisotopic (exact) mass is 384 g/mol. The zero-order valence-corrected chi connectivity index (χ0v) is 17.4. The summed E-state index contributed by atoms with van der Waals surface area (Å²) in [4.78, 5) is 34.9. The Kier molecular flexibility index (Phi) is 16.8. The number of rotatable bonds is 18. The average Bonchev–Trinajstić information content (AvgIpc) is 2.63. The third-order valence-electron chi connectivity index (χ3n) is 4.64. The molecule has 0 heterocycles. The van der Waals surface area contributed by atoms with Gasteiger partial charge in [-0.2, -0.15) is 0 Å². The second-order valence-corrected chi connectivity index (χ2v) is 7.28. The highest BCUT2D eigenvalue weighted by molar-refractivity contribution is 5.83. The Bertz CT molecular complexity index is 413. The Labute approximate surface area is 164 Å². The molecule has 27 heavy (non-hydrogen) atoms. The van der Waals surface area contributed by atoms with Crippen molar-refractivity contribution in [3.8, 4) is 0 Å². The number of carbonyl (C=O) groups is 3. The van der Waals surface area contributed by atoms with Crippen LogP contribution in [-0.4, -0.2) is 35.5 Å². The minimum absolute atomic E-state index is 0.0227. The van der Waals surface area contributed by atoms with E-state index in [0.717, 1.165) is 38.5 Å². The molecule has 0 unspecified atom stereocenters. The number of aliphatic carboxylic acids is 1. The zero-order chi connectivity index (χ0) is 20.3. The summed E-state index contributed by atoms with van der Waals surface area (Å²) in [6.45, 7) is 4.75. The van der Waals surface area contributed by atoms with Gasteiger partial charge in [0, 0.05) is 19.4 Å². The molecule has 0 aromatic heterocycles. The molecule has 0 aliphatic heterocycles. The fraction of sp³-hybridized carbons (Fsp3) is 0.857. The van der Waals surface area contributed by atoms with E-state index in [0.29, 0.717) is 32.2 Å². The Balaban J connectivity index is 3.84. The molecular weight excluding hydrogens is 344 g/mol. The van der Waals surface area contributed by atoms with Crippen LogP contribution in [0.4, 0.5) is 0 Å². The van der Waals surface area contributed by atoms with Crippen LogP contribution in [0.5, 0.6) is 0 Å². The number of hydrogen-bond acceptors (Lipinski definition) is 3. The molecule has 0 aromatic rings. The van der Waals surface area contributed by atoms with Crippen molar-refractivity contribution in [2.75, 3.05) is 6.54 Å². The van der Waals surface area contributed by atoms with Gasteiger partial charge >= 0.3 is 5.97 Å². The fourth-order valence-electron chi connectivity index (χ4n) is 2.92. The maximum absolute atomic E-state index is 11.9. The molecule has 2 amide bonds. The first kappa shape index (κ1) is 25.4. The number of carboxylic acid groups (broad SMARTS) is 1. The lowest BCUT2D eigenvalue weighted by Gasteiger charge is -2.14. The molecule has 0 bridgehead atoms. The molecule has 0 rings (SSSR count). The Morgan fingerprint density at radius 1 is 0.741 bits per heavy atom. The van der Waals surface area contributed by atoms with Crippen LogP contribution >= 0.6 is 0 Å². The first-order chi connectivity index (χ1) is 13.0. The molecule has 0 aliphatic carbocycles. The van der Waals surface area contributed by atoms with Crippen LogP contribution in [0.15, 0.2) is 0 Å². The van der Waals surface area contributed by atoms with Gasteiger partial charge in [0.1, 0.15) is 6.04 Å². The van der Waals surface area contributed by atoms with Gasteiger partial charge < -0.3 is 15.7 Å². The summed E-state index contributed by atoms with van der Waals surface area (Å²) in [5, 5.41) is 14.7. The average molecular weight is 385 g/mol. The van der Waals surface area contributed by atoms with Crippen molar-refractivity contribution < 1.29 is 19.5 Å². The standard InChI is InChI=1S/C21H40N2O4/c1-3-5-7-9-11-15-19(24)22-17-13-14-18(21(26)27)23-20(25)16-12-10-8-6-4-2/h18H,3-17H2,1-2H3,(H,22,24)(H,23,25)(H,26,27)/t18-/m0/s1. The fourth-order valence-corrected chi connectivity index (χ4v) is 2.92. The lowest BCUT2D eigenvalue weighted by atomic mass is 10.1. The second kappa shape index (κ2) is 17.8. The van der Waals surface area contributed by atoms with E-state index >= 15 is 0 Å². The summed E-state index contributed by atoms with van der Waals surface area (Å²) in [7, 11) is 0. The van der Waals surface area contributed by atoms with Crippen LogP contribution in [0.3, 0.4) is 0 Å². The number of carbonyl (C=O) groups excluding carboxylic acids is 2. The first-order valence-electron chi connectivity index (χ1n) is 10.8. The normalized spacial score (nSPS) is 11.8. The summed E-state index contributed by atoms with van der Waals surface area (Å²) in [6.07, 6.45) is 12.6. The van der Waals surface area contributed by atoms with E-state index in [1.54, 1.807) is 0 Å². The lowest BCUT2D eigenvalue weighted by molar-refractivity contribution is -0.142. The molecule has 1 atom stereocenters. The topological polar surface area (TPSA) is 95.5 Å². The third-order valence-corrected chi connectivity index (χ3v) is 4.64. The Morgan fingerprint density at radius 3 is 1.78 bits per heavy atom. The van der Waals surface area contributed by atoms with E-state index in [2.05, 4.69) is 24.5 Å². The Hall–Kier alpha value is -1.59. The third kappa shape index (κ3) is 16.3. The molecule has 6 nitrogen and oxygen atoms in total. The van der Waals surface area contributed by atoms with Crippen molar-refractivity contribution in [1.82, 2.24) is 10.6 Å². The van der Waals surface area contributed by atoms with Crippen molar-refractivity contribution in [3.05, 3.63) is 0 Å². The summed E-state index contributed by atoms with van der Waals surface area (Å²) in [6, 6.07) is -0.876. The largest absolute Gasteiger partial charge is 0.480 e. The molecule has 158 valence electrons. The number of unbranched alkanes of at least 4 members (excludes halogenated alkanes) is 8. The van der Waals surface area contributed by atoms with Crippen LogP contribution in [0.25, 0.3) is 0 Å². The molecule has 0 fully saturated rings. The number of amides is 2. The molecule has 0 saturated heterocycles. The van der Waals surface area contributed by atoms with Gasteiger partial charge in [-0.3, -0.25) is 9.59 Å². The van der Waals surface area contributed by atoms with Gasteiger partial charge in [0.25, 0.3) is 0 Å². The Morgan fingerprint density at radius 2 is 1.26 bits per heavy atom. The minimum atomic E-state index is -1.02. The zero-order valence-electron chi connectivity index (χ0n) is 17.4. The van der Waals surface area contributed by atoms with Crippen molar-refractivity contribution in [3.63, 3.8) is 0 Å². The molecule has 0 aromatic carbocycles. The smallest absolute Gasteiger partial charge is 0.326 e. The van der Waals surface area contributed by atoms with E-state index in [4.69, 9.17) is 0 Å². The highest BCUT2D eigenvalue weighted by Gasteiger charge is 2.19. The van der Waals surface area contributed by atoms with Crippen LogP contribution < -0.4 is 10.6 Å². The van der Waals surface area contributed by atoms with Crippen molar-refractivity contribution in [1.29, 1.82) is 0 Å². The number of hydrogen-bond donors (Lipinski definition) is 3. The van der Waals surface area contributed by atoms with E-state index < -0.39 is 12.0 Å². The van der Waals surface area contributed by atoms with Crippen molar-refractivity contribution in [2.45, 2.75) is 110 Å². The van der Waals surface area contributed by atoms with Gasteiger partial charge in [0.2, 0.25) is 11.8 Å². The van der Waals surface area contributed by atoms with E-state index in [1.807, 2.05) is 0 Å². The molecule has 0 saturated carbocycles.